The van der Waals surface area contributed by atoms with Crippen molar-refractivity contribution < 1.29 is 14.4 Å². The van der Waals surface area contributed by atoms with E-state index in [2.05, 4.69) is 21.4 Å². The lowest BCUT2D eigenvalue weighted by molar-refractivity contribution is -0.385. The van der Waals surface area contributed by atoms with E-state index >= 15 is 0 Å². The summed E-state index contributed by atoms with van der Waals surface area (Å²) in [5.74, 6) is -0.574. The summed E-state index contributed by atoms with van der Waals surface area (Å²) >= 11 is 0. The fourth-order valence-corrected chi connectivity index (χ4v) is 3.66. The second-order valence-electron chi connectivity index (χ2n) is 6.84. The Morgan fingerprint density at radius 2 is 2.30 bits per heavy atom. The van der Waals surface area contributed by atoms with E-state index in [1.165, 1.54) is 24.2 Å². The van der Waals surface area contributed by atoms with Crippen molar-refractivity contribution in [1.82, 2.24) is 20.0 Å². The Hall–Kier alpha value is -4.20. The Morgan fingerprint density at radius 1 is 1.50 bits per heavy atom. The number of nitrogens with zero attached hydrogens (tertiary/aromatic N) is 5. The number of nitro groups is 1. The molecule has 3 aromatic rings. The molecule has 0 aliphatic carbocycles. The number of aromatic amines is 1. The van der Waals surface area contributed by atoms with Gasteiger partial charge in [-0.1, -0.05) is 6.07 Å². The molecule has 1 aliphatic rings. The van der Waals surface area contributed by atoms with Gasteiger partial charge in [-0.3, -0.25) is 25.3 Å². The van der Waals surface area contributed by atoms with Crippen molar-refractivity contribution in [2.45, 2.75) is 19.4 Å². The minimum atomic E-state index is -0.819. The number of ether oxygens (including phenoxy) is 2. The number of aromatic nitrogens is 4. The molecule has 4 rings (SSSR count). The number of hydrogen-bond donors (Lipinski definition) is 2. The molecule has 30 heavy (non-hydrogen) atoms. The Balaban J connectivity index is 1.78. The number of aryl methyl sites for hydroxylation is 1. The van der Waals surface area contributed by atoms with Crippen molar-refractivity contribution in [2.24, 2.45) is 5.92 Å². The molecule has 0 fully saturated rings. The zero-order valence-electron chi connectivity index (χ0n) is 16.1. The van der Waals surface area contributed by atoms with Crippen LogP contribution in [-0.4, -0.2) is 37.9 Å². The lowest BCUT2D eigenvalue weighted by atomic mass is 9.79. The summed E-state index contributed by atoms with van der Waals surface area (Å²) in [7, 11) is 1.53. The highest BCUT2D eigenvalue weighted by Crippen LogP contribution is 2.43. The van der Waals surface area contributed by atoms with Gasteiger partial charge in [-0.2, -0.15) is 10.4 Å². The number of rotatable bonds is 5. The van der Waals surface area contributed by atoms with Crippen molar-refractivity contribution in [3.05, 3.63) is 63.1 Å². The van der Waals surface area contributed by atoms with E-state index in [1.54, 1.807) is 6.07 Å². The summed E-state index contributed by atoms with van der Waals surface area (Å²) < 4.78 is 12.3. The molecule has 0 saturated carbocycles. The fourth-order valence-electron chi connectivity index (χ4n) is 3.66. The molecule has 2 atom stereocenters. The first-order valence-corrected chi connectivity index (χ1v) is 8.97. The van der Waals surface area contributed by atoms with Crippen LogP contribution in [0.2, 0.25) is 0 Å². The average molecular weight is 407 g/mol. The van der Waals surface area contributed by atoms with Gasteiger partial charge in [-0.25, -0.2) is 0 Å². The minimum absolute atomic E-state index is 0.105. The third kappa shape index (κ3) is 3.14. The second kappa shape index (κ2) is 7.32. The van der Waals surface area contributed by atoms with Crippen LogP contribution in [0.5, 0.6) is 11.6 Å². The van der Waals surface area contributed by atoms with Crippen LogP contribution in [0, 0.1) is 39.7 Å². The van der Waals surface area contributed by atoms with Crippen molar-refractivity contribution >= 4 is 11.6 Å². The molecule has 0 amide bonds. The van der Waals surface area contributed by atoms with Crippen LogP contribution < -0.4 is 9.47 Å². The van der Waals surface area contributed by atoms with Crippen LogP contribution in [-0.2, 0) is 6.54 Å². The summed E-state index contributed by atoms with van der Waals surface area (Å²) in [5.41, 5.74) is 2.88. The van der Waals surface area contributed by atoms with E-state index in [-0.39, 0.29) is 24.0 Å². The topological polar surface area (TPSA) is 156 Å². The van der Waals surface area contributed by atoms with Gasteiger partial charge in [-0.15, -0.1) is 5.10 Å². The molecule has 2 unspecified atom stereocenters. The van der Waals surface area contributed by atoms with E-state index < -0.39 is 16.8 Å². The maximum atomic E-state index is 10.9. The van der Waals surface area contributed by atoms with Crippen molar-refractivity contribution in [3.8, 4) is 17.7 Å². The average Bonchev–Trinajstić information content (AvgIpc) is 3.34. The quantitative estimate of drug-likeness (QED) is 0.486. The molecule has 0 radical (unpaired) electrons. The van der Waals surface area contributed by atoms with Crippen LogP contribution in [0.4, 0.5) is 5.69 Å². The second-order valence-corrected chi connectivity index (χ2v) is 6.84. The third-order valence-corrected chi connectivity index (χ3v) is 5.06. The molecular weight excluding hydrogens is 390 g/mol. The number of fused-ring (bicyclic) bond motifs is 1. The van der Waals surface area contributed by atoms with E-state index in [0.717, 1.165) is 22.4 Å². The van der Waals surface area contributed by atoms with Gasteiger partial charge in [0.1, 0.15) is 24.1 Å². The smallest absolute Gasteiger partial charge is 0.307 e. The van der Waals surface area contributed by atoms with Gasteiger partial charge in [0.05, 0.1) is 24.6 Å². The van der Waals surface area contributed by atoms with Crippen molar-refractivity contribution in [3.63, 3.8) is 0 Å². The Labute approximate surface area is 170 Å². The van der Waals surface area contributed by atoms with Gasteiger partial charge < -0.3 is 9.47 Å². The number of nitrogens with one attached hydrogen (secondary N) is 2. The zero-order chi connectivity index (χ0) is 21.4. The lowest BCUT2D eigenvalue weighted by Crippen LogP contribution is -2.31. The molecule has 152 valence electrons. The molecule has 0 saturated heterocycles. The molecule has 1 aromatic carbocycles. The van der Waals surface area contributed by atoms with Gasteiger partial charge in [0.2, 0.25) is 11.8 Å². The van der Waals surface area contributed by atoms with Crippen molar-refractivity contribution in [2.75, 3.05) is 7.11 Å². The molecule has 3 heterocycles. The maximum absolute atomic E-state index is 10.9. The van der Waals surface area contributed by atoms with E-state index in [1.807, 2.05) is 19.1 Å². The van der Waals surface area contributed by atoms with Crippen molar-refractivity contribution in [1.29, 1.82) is 10.7 Å². The fraction of sp³-hybridized carbons (Fsp3) is 0.263. The molecule has 0 bridgehead atoms. The molecule has 11 heteroatoms. The maximum Gasteiger partial charge on any atom is 0.307 e. The SMILES string of the molecule is COc1ccc(C2c3c(n[nH]c3C)OC(=N)C2C#N)cc1Cn1cc([N+](=O)[O-])cn1. The molecule has 2 N–H and O–H groups in total. The number of methoxy groups -OCH3 is 1. The van der Waals surface area contributed by atoms with Crippen LogP contribution in [0.15, 0.2) is 30.6 Å². The van der Waals surface area contributed by atoms with Crippen LogP contribution >= 0.6 is 0 Å². The summed E-state index contributed by atoms with van der Waals surface area (Å²) in [4.78, 5) is 10.4. The Bertz CT molecular complexity index is 1190. The van der Waals surface area contributed by atoms with E-state index in [4.69, 9.17) is 14.9 Å². The highest BCUT2D eigenvalue weighted by Gasteiger charge is 2.40. The van der Waals surface area contributed by atoms with Gasteiger partial charge >= 0.3 is 5.69 Å². The first kappa shape index (κ1) is 19.1. The predicted molar refractivity (Wildman–Crippen MR) is 104 cm³/mol. The third-order valence-electron chi connectivity index (χ3n) is 5.06. The lowest BCUT2D eigenvalue weighted by Gasteiger charge is -2.28. The Morgan fingerprint density at radius 3 is 2.97 bits per heavy atom. The highest BCUT2D eigenvalue weighted by atomic mass is 16.6. The summed E-state index contributed by atoms with van der Waals surface area (Å²) in [6.07, 6.45) is 2.52. The zero-order valence-corrected chi connectivity index (χ0v) is 16.1. The van der Waals surface area contributed by atoms with Gasteiger partial charge in [0, 0.05) is 22.7 Å². The highest BCUT2D eigenvalue weighted by molar-refractivity contribution is 5.84. The first-order valence-electron chi connectivity index (χ1n) is 8.97. The van der Waals surface area contributed by atoms with Gasteiger partial charge in [-0.05, 0) is 24.6 Å². The standard InChI is InChI=1S/C19H17N7O4/c1-10-16-17(14(6-20)18(21)30-19(16)24-23-10)11-3-4-15(29-2)12(5-11)8-25-9-13(7-22-25)26(27)28/h3-5,7,9,14,17,21H,8H2,1-2H3,(H,23,24). The van der Waals surface area contributed by atoms with E-state index in [9.17, 15) is 15.4 Å². The summed E-state index contributed by atoms with van der Waals surface area (Å²) in [6, 6.07) is 7.62. The van der Waals surface area contributed by atoms with Gasteiger partial charge in [0.15, 0.2) is 0 Å². The predicted octanol–water partition coefficient (Wildman–Crippen LogP) is 2.52. The number of hydrogen-bond acceptors (Lipinski definition) is 8. The molecule has 1 aliphatic heterocycles. The van der Waals surface area contributed by atoms with Crippen LogP contribution in [0.3, 0.4) is 0 Å². The van der Waals surface area contributed by atoms with Gasteiger partial charge in [0.25, 0.3) is 0 Å². The molecule has 0 spiro atoms. The number of H-pyrrole nitrogens is 1. The monoisotopic (exact) mass is 407 g/mol. The Kier molecular flexibility index (Phi) is 4.67. The number of nitriles is 1. The molecular formula is C19H17N7O4. The first-order chi connectivity index (χ1) is 14.4. The largest absolute Gasteiger partial charge is 0.496 e. The number of benzene rings is 1. The van der Waals surface area contributed by atoms with Crippen LogP contribution in [0.25, 0.3) is 0 Å². The van der Waals surface area contributed by atoms with Crippen LogP contribution in [0.1, 0.15) is 28.3 Å². The van der Waals surface area contributed by atoms with E-state index in [0.29, 0.717) is 5.75 Å². The summed E-state index contributed by atoms with van der Waals surface area (Å²) in [6.45, 7) is 2.07. The minimum Gasteiger partial charge on any atom is -0.496 e. The molecule has 11 nitrogen and oxygen atoms in total. The summed E-state index contributed by atoms with van der Waals surface area (Å²) in [5, 5.41) is 39.7. The molecule has 2 aromatic heterocycles. The normalized spacial score (nSPS) is 17.7.